The molecule has 3 nitrogen and oxygen atoms in total. The zero-order valence-electron chi connectivity index (χ0n) is 14.0. The first-order valence-electron chi connectivity index (χ1n) is 8.64. The maximum atomic E-state index is 4.89. The van der Waals surface area contributed by atoms with E-state index >= 15 is 0 Å². The number of hydrogen-bond donors (Lipinski definition) is 1. The fourth-order valence-corrected chi connectivity index (χ4v) is 2.91. The summed E-state index contributed by atoms with van der Waals surface area (Å²) in [7, 11) is 0. The molecule has 1 aromatic rings. The van der Waals surface area contributed by atoms with Crippen molar-refractivity contribution in [2.75, 3.05) is 24.5 Å². The van der Waals surface area contributed by atoms with E-state index in [1.807, 2.05) is 0 Å². The maximum absolute atomic E-state index is 4.89. The lowest BCUT2D eigenvalue weighted by atomic mass is 10.1. The number of rotatable bonds is 7. The van der Waals surface area contributed by atoms with Crippen LogP contribution in [0, 0.1) is 5.92 Å². The third-order valence-electron chi connectivity index (χ3n) is 3.99. The van der Waals surface area contributed by atoms with E-state index in [0.717, 1.165) is 25.9 Å². The van der Waals surface area contributed by atoms with E-state index in [-0.39, 0.29) is 0 Å². The third-order valence-corrected chi connectivity index (χ3v) is 3.99. The summed E-state index contributed by atoms with van der Waals surface area (Å²) in [5.41, 5.74) is 2.64. The van der Waals surface area contributed by atoms with E-state index in [1.165, 1.54) is 49.4 Å². The molecule has 0 bridgehead atoms. The molecule has 1 saturated heterocycles. The Bertz CT molecular complexity index is 422. The van der Waals surface area contributed by atoms with Crippen molar-refractivity contribution >= 4 is 5.82 Å². The molecule has 0 spiro atoms. The molecule has 1 aliphatic heterocycles. The van der Waals surface area contributed by atoms with Crippen LogP contribution in [-0.4, -0.2) is 24.6 Å². The number of pyridine rings is 1. The lowest BCUT2D eigenvalue weighted by Crippen LogP contribution is -2.30. The molecule has 0 aliphatic carbocycles. The molecule has 1 N–H and O–H groups in total. The zero-order valence-corrected chi connectivity index (χ0v) is 14.0. The van der Waals surface area contributed by atoms with Crippen molar-refractivity contribution in [3.8, 4) is 0 Å². The molecule has 0 amide bonds. The van der Waals surface area contributed by atoms with Gasteiger partial charge in [0.15, 0.2) is 0 Å². The summed E-state index contributed by atoms with van der Waals surface area (Å²) in [6.07, 6.45) is 6.23. The highest BCUT2D eigenvalue weighted by atomic mass is 15.2. The van der Waals surface area contributed by atoms with Crippen LogP contribution in [0.4, 0.5) is 5.82 Å². The van der Waals surface area contributed by atoms with Crippen LogP contribution in [0.1, 0.15) is 57.7 Å². The molecule has 2 heterocycles. The molecule has 118 valence electrons. The molecule has 0 radical (unpaired) electrons. The summed E-state index contributed by atoms with van der Waals surface area (Å²) in [6.45, 7) is 11.1. The lowest BCUT2D eigenvalue weighted by molar-refractivity contribution is 0.550. The fraction of sp³-hybridized carbons (Fsp3) is 0.722. The zero-order chi connectivity index (χ0) is 15.1. The number of hydrogen-bond acceptors (Lipinski definition) is 3. The molecule has 1 aliphatic rings. The van der Waals surface area contributed by atoms with Gasteiger partial charge in [0, 0.05) is 25.3 Å². The monoisotopic (exact) mass is 289 g/mol. The number of nitrogens with one attached hydrogen (secondary N) is 1. The Morgan fingerprint density at radius 3 is 2.62 bits per heavy atom. The predicted molar refractivity (Wildman–Crippen MR) is 90.8 cm³/mol. The minimum absolute atomic E-state index is 0.698. The van der Waals surface area contributed by atoms with Crippen molar-refractivity contribution in [2.24, 2.45) is 5.92 Å². The van der Waals surface area contributed by atoms with E-state index in [4.69, 9.17) is 4.98 Å². The Morgan fingerprint density at radius 2 is 1.95 bits per heavy atom. The Labute approximate surface area is 130 Å². The van der Waals surface area contributed by atoms with Crippen LogP contribution in [0.5, 0.6) is 0 Å². The summed E-state index contributed by atoms with van der Waals surface area (Å²) in [5, 5.41) is 3.55. The quantitative estimate of drug-likeness (QED) is 0.828. The molecule has 0 atom stereocenters. The number of nitrogens with zero attached hydrogens (tertiary/aromatic N) is 2. The standard InChI is InChI=1S/C18H31N3/c1-4-8-17-11-16(14-19-13-15(2)3)12-18(20-17)21-9-6-5-7-10-21/h11-12,15,19H,4-10,13-14H2,1-3H3. The van der Waals surface area contributed by atoms with Gasteiger partial charge < -0.3 is 10.2 Å². The number of aromatic nitrogens is 1. The second kappa shape index (κ2) is 8.38. The van der Waals surface area contributed by atoms with Crippen molar-refractivity contribution in [1.29, 1.82) is 0 Å². The fourth-order valence-electron chi connectivity index (χ4n) is 2.91. The highest BCUT2D eigenvalue weighted by Gasteiger charge is 2.13. The number of aryl methyl sites for hydroxylation is 1. The van der Waals surface area contributed by atoms with Gasteiger partial charge >= 0.3 is 0 Å². The van der Waals surface area contributed by atoms with Crippen LogP contribution < -0.4 is 10.2 Å². The molecular weight excluding hydrogens is 258 g/mol. The summed E-state index contributed by atoms with van der Waals surface area (Å²) < 4.78 is 0. The minimum atomic E-state index is 0.698. The van der Waals surface area contributed by atoms with Gasteiger partial charge in [0.25, 0.3) is 0 Å². The van der Waals surface area contributed by atoms with Crippen LogP contribution >= 0.6 is 0 Å². The van der Waals surface area contributed by atoms with Crippen molar-refractivity contribution in [3.05, 3.63) is 23.4 Å². The molecular formula is C18H31N3. The molecule has 0 aromatic carbocycles. The van der Waals surface area contributed by atoms with Crippen molar-refractivity contribution in [1.82, 2.24) is 10.3 Å². The van der Waals surface area contributed by atoms with Crippen LogP contribution in [-0.2, 0) is 13.0 Å². The van der Waals surface area contributed by atoms with E-state index in [0.29, 0.717) is 5.92 Å². The first-order valence-corrected chi connectivity index (χ1v) is 8.64. The summed E-state index contributed by atoms with van der Waals surface area (Å²) in [5.74, 6) is 1.89. The molecule has 3 heteroatoms. The molecule has 0 unspecified atom stereocenters. The lowest BCUT2D eigenvalue weighted by Gasteiger charge is -2.28. The average Bonchev–Trinajstić information content (AvgIpc) is 2.48. The Morgan fingerprint density at radius 1 is 1.19 bits per heavy atom. The van der Waals surface area contributed by atoms with E-state index in [9.17, 15) is 0 Å². The van der Waals surface area contributed by atoms with Crippen molar-refractivity contribution in [3.63, 3.8) is 0 Å². The van der Waals surface area contributed by atoms with Crippen LogP contribution in [0.3, 0.4) is 0 Å². The molecule has 2 rings (SSSR count). The van der Waals surface area contributed by atoms with E-state index in [2.05, 4.69) is 43.1 Å². The van der Waals surface area contributed by atoms with E-state index < -0.39 is 0 Å². The largest absolute Gasteiger partial charge is 0.357 e. The van der Waals surface area contributed by atoms with Crippen molar-refractivity contribution < 1.29 is 0 Å². The average molecular weight is 289 g/mol. The Hall–Kier alpha value is -1.09. The van der Waals surface area contributed by atoms with Gasteiger partial charge in [-0.2, -0.15) is 0 Å². The maximum Gasteiger partial charge on any atom is 0.129 e. The minimum Gasteiger partial charge on any atom is -0.357 e. The summed E-state index contributed by atoms with van der Waals surface area (Å²) in [4.78, 5) is 7.36. The van der Waals surface area contributed by atoms with Gasteiger partial charge in [-0.3, -0.25) is 0 Å². The van der Waals surface area contributed by atoms with Crippen LogP contribution in [0.15, 0.2) is 12.1 Å². The van der Waals surface area contributed by atoms with Gasteiger partial charge in [-0.1, -0.05) is 27.2 Å². The number of piperidine rings is 1. The van der Waals surface area contributed by atoms with Gasteiger partial charge in [0.2, 0.25) is 0 Å². The first kappa shape index (κ1) is 16.3. The van der Waals surface area contributed by atoms with Crippen LogP contribution in [0.25, 0.3) is 0 Å². The summed E-state index contributed by atoms with van der Waals surface area (Å²) in [6, 6.07) is 4.57. The van der Waals surface area contributed by atoms with Gasteiger partial charge in [0.05, 0.1) is 0 Å². The Balaban J connectivity index is 2.09. The normalized spacial score (nSPS) is 15.7. The smallest absolute Gasteiger partial charge is 0.129 e. The van der Waals surface area contributed by atoms with Gasteiger partial charge in [-0.15, -0.1) is 0 Å². The van der Waals surface area contributed by atoms with E-state index in [1.54, 1.807) is 0 Å². The topological polar surface area (TPSA) is 28.2 Å². The summed E-state index contributed by atoms with van der Waals surface area (Å²) >= 11 is 0. The first-order chi connectivity index (χ1) is 10.2. The number of anilines is 1. The molecule has 0 saturated carbocycles. The van der Waals surface area contributed by atoms with Gasteiger partial charge in [0.1, 0.15) is 5.82 Å². The van der Waals surface area contributed by atoms with Crippen LogP contribution in [0.2, 0.25) is 0 Å². The third kappa shape index (κ3) is 5.31. The molecule has 21 heavy (non-hydrogen) atoms. The molecule has 1 fully saturated rings. The SMILES string of the molecule is CCCc1cc(CNCC(C)C)cc(N2CCCCC2)n1. The Kier molecular flexibility index (Phi) is 6.50. The van der Waals surface area contributed by atoms with Gasteiger partial charge in [-0.05, 0) is 55.8 Å². The highest BCUT2D eigenvalue weighted by Crippen LogP contribution is 2.20. The van der Waals surface area contributed by atoms with Crippen molar-refractivity contribution in [2.45, 2.75) is 59.4 Å². The second-order valence-corrected chi connectivity index (χ2v) is 6.65. The predicted octanol–water partition coefficient (Wildman–Crippen LogP) is 3.77. The second-order valence-electron chi connectivity index (χ2n) is 6.65. The highest BCUT2D eigenvalue weighted by molar-refractivity contribution is 5.43. The molecule has 1 aromatic heterocycles. The van der Waals surface area contributed by atoms with Gasteiger partial charge in [-0.25, -0.2) is 4.98 Å².